The van der Waals surface area contributed by atoms with Crippen LogP contribution in [0, 0.1) is 17.8 Å². The Morgan fingerprint density at radius 2 is 1.67 bits per heavy atom. The van der Waals surface area contributed by atoms with Crippen molar-refractivity contribution in [1.29, 1.82) is 0 Å². The van der Waals surface area contributed by atoms with E-state index in [9.17, 15) is 24.3 Å². The van der Waals surface area contributed by atoms with E-state index < -0.39 is 11.6 Å². The Labute approximate surface area is 278 Å². The van der Waals surface area contributed by atoms with Crippen LogP contribution >= 0.6 is 0 Å². The van der Waals surface area contributed by atoms with Crippen LogP contribution in [0.3, 0.4) is 0 Å². The maximum Gasteiger partial charge on any atom is 0.355 e. The predicted octanol–water partition coefficient (Wildman–Crippen LogP) is 4.33. The van der Waals surface area contributed by atoms with Crippen LogP contribution in [0.4, 0.5) is 0 Å². The SMILES string of the molecule is COC(=O)c1c(Cc2ccc(C(=O)N[C@@H]3[C@@H]4C[C@@H]5C[C@H]3C[C@](NC(=O)C(C)(C)O)(C5)C4)cc2)c(=O)c2cccnc2n1-c1ccccc1. The van der Waals surface area contributed by atoms with Crippen LogP contribution in [0.2, 0.25) is 0 Å². The number of carbonyl (C=O) groups excluding carboxylic acids is 3. The third-order valence-electron chi connectivity index (χ3n) is 10.5. The summed E-state index contributed by atoms with van der Waals surface area (Å²) in [5.74, 6) is -0.133. The molecule has 4 fully saturated rings. The number of fused-ring (bicyclic) bond motifs is 1. The van der Waals surface area contributed by atoms with Gasteiger partial charge in [0, 0.05) is 41.0 Å². The lowest BCUT2D eigenvalue weighted by atomic mass is 9.51. The molecular weight excluding hydrogens is 608 g/mol. The van der Waals surface area contributed by atoms with E-state index in [0.29, 0.717) is 28.2 Å². The van der Waals surface area contributed by atoms with Crippen molar-refractivity contribution < 1.29 is 24.2 Å². The molecule has 4 aliphatic rings. The summed E-state index contributed by atoms with van der Waals surface area (Å²) in [5.41, 5.74) is 0.635. The van der Waals surface area contributed by atoms with Gasteiger partial charge in [0.2, 0.25) is 0 Å². The molecule has 0 radical (unpaired) electrons. The minimum absolute atomic E-state index is 0.0196. The zero-order valence-corrected chi connectivity index (χ0v) is 27.4. The van der Waals surface area contributed by atoms with Gasteiger partial charge < -0.3 is 20.5 Å². The minimum Gasteiger partial charge on any atom is -0.464 e. The lowest BCUT2D eigenvalue weighted by Gasteiger charge is -2.60. The average molecular weight is 649 g/mol. The van der Waals surface area contributed by atoms with Gasteiger partial charge in [0.25, 0.3) is 11.8 Å². The van der Waals surface area contributed by atoms with Crippen LogP contribution < -0.4 is 16.1 Å². The standard InChI is InChI=1S/C38H40N4O6/c1-37(2,47)36(46)41-38-19-23-16-25(20-38)30(26(17-23)21-38)40-34(44)24-13-11-22(12-14-24)18-29-31(35(45)48-3)42(27-8-5-4-6-9-27)33-28(32(29)43)10-7-15-39-33/h4-15,23,25-26,30,47H,16-21H2,1-3H3,(H,40,44)(H,41,46)/t23-,25-,26+,30-,38+. The van der Waals surface area contributed by atoms with E-state index in [1.807, 2.05) is 42.5 Å². The quantitative estimate of drug-likeness (QED) is 0.242. The van der Waals surface area contributed by atoms with Gasteiger partial charge in [-0.2, -0.15) is 0 Å². The molecule has 2 aromatic carbocycles. The van der Waals surface area contributed by atoms with Gasteiger partial charge in [-0.1, -0.05) is 30.3 Å². The van der Waals surface area contributed by atoms with Crippen LogP contribution in [-0.4, -0.2) is 56.7 Å². The van der Waals surface area contributed by atoms with E-state index >= 15 is 0 Å². The summed E-state index contributed by atoms with van der Waals surface area (Å²) in [5, 5.41) is 17.1. The Morgan fingerprint density at radius 1 is 0.979 bits per heavy atom. The van der Waals surface area contributed by atoms with Crippen molar-refractivity contribution in [1.82, 2.24) is 20.2 Å². The van der Waals surface area contributed by atoms with E-state index in [-0.39, 0.29) is 58.3 Å². The number of aromatic nitrogens is 2. The molecule has 248 valence electrons. The Balaban J connectivity index is 1.13. The molecule has 4 bridgehead atoms. The summed E-state index contributed by atoms with van der Waals surface area (Å²) in [7, 11) is 1.29. The number of aliphatic hydroxyl groups is 1. The Hall–Kier alpha value is -4.83. The number of benzene rings is 2. The highest BCUT2D eigenvalue weighted by atomic mass is 16.5. The van der Waals surface area contributed by atoms with Gasteiger partial charge in [-0.25, -0.2) is 9.78 Å². The molecule has 3 N–H and O–H groups in total. The second-order valence-corrected chi connectivity index (χ2v) is 14.3. The lowest BCUT2D eigenvalue weighted by molar-refractivity contribution is -0.143. The van der Waals surface area contributed by atoms with Crippen molar-refractivity contribution >= 4 is 28.8 Å². The van der Waals surface area contributed by atoms with E-state index in [1.54, 1.807) is 35.0 Å². The molecule has 2 amide bonds. The maximum atomic E-state index is 13.8. The second kappa shape index (κ2) is 12.0. The molecule has 4 aromatic rings. The number of para-hydroxylation sites is 1. The van der Waals surface area contributed by atoms with Crippen molar-refractivity contribution in [2.45, 2.75) is 69.6 Å². The van der Waals surface area contributed by atoms with Crippen LogP contribution in [0.5, 0.6) is 0 Å². The number of hydrogen-bond donors (Lipinski definition) is 3. The molecule has 0 unspecified atom stereocenters. The van der Waals surface area contributed by atoms with Crippen molar-refractivity contribution in [2.75, 3.05) is 7.11 Å². The highest BCUT2D eigenvalue weighted by Crippen LogP contribution is 2.56. The molecule has 5 atom stereocenters. The van der Waals surface area contributed by atoms with E-state index in [2.05, 4.69) is 15.6 Å². The molecule has 0 aliphatic heterocycles. The van der Waals surface area contributed by atoms with E-state index in [4.69, 9.17) is 4.74 Å². The first-order valence-electron chi connectivity index (χ1n) is 16.6. The van der Waals surface area contributed by atoms with Gasteiger partial charge >= 0.3 is 5.97 Å². The number of nitrogens with one attached hydrogen (secondary N) is 2. The molecule has 48 heavy (non-hydrogen) atoms. The first-order chi connectivity index (χ1) is 23.0. The Morgan fingerprint density at radius 3 is 2.31 bits per heavy atom. The summed E-state index contributed by atoms with van der Waals surface area (Å²) in [6, 6.07) is 19.8. The highest BCUT2D eigenvalue weighted by Gasteiger charge is 2.56. The minimum atomic E-state index is -1.44. The largest absolute Gasteiger partial charge is 0.464 e. The monoisotopic (exact) mass is 648 g/mol. The van der Waals surface area contributed by atoms with Crippen LogP contribution in [0.1, 0.15) is 77.9 Å². The van der Waals surface area contributed by atoms with Crippen molar-refractivity contribution in [3.63, 3.8) is 0 Å². The molecule has 0 spiro atoms. The molecule has 4 saturated carbocycles. The fourth-order valence-electron chi connectivity index (χ4n) is 8.59. The fourth-order valence-corrected chi connectivity index (χ4v) is 8.59. The Bertz CT molecular complexity index is 1950. The van der Waals surface area contributed by atoms with Crippen molar-refractivity contribution in [3.05, 3.63) is 106 Å². The molecule has 0 saturated heterocycles. The number of ether oxygens (including phenoxy) is 1. The normalized spacial score (nSPS) is 24.3. The first kappa shape index (κ1) is 31.8. The number of rotatable bonds is 8. The maximum absolute atomic E-state index is 13.8. The summed E-state index contributed by atoms with van der Waals surface area (Å²) >= 11 is 0. The molecule has 4 aliphatic carbocycles. The summed E-state index contributed by atoms with van der Waals surface area (Å²) in [6.07, 6.45) is 6.27. The van der Waals surface area contributed by atoms with Gasteiger partial charge in [-0.15, -0.1) is 0 Å². The zero-order valence-electron chi connectivity index (χ0n) is 27.4. The third-order valence-corrected chi connectivity index (χ3v) is 10.5. The number of pyridine rings is 2. The smallest absolute Gasteiger partial charge is 0.355 e. The van der Waals surface area contributed by atoms with Gasteiger partial charge in [0.15, 0.2) is 5.43 Å². The van der Waals surface area contributed by atoms with Crippen LogP contribution in [0.15, 0.2) is 77.7 Å². The molecule has 8 rings (SSSR count). The van der Waals surface area contributed by atoms with Gasteiger partial charge in [0.05, 0.1) is 12.5 Å². The molecule has 2 aromatic heterocycles. The van der Waals surface area contributed by atoms with Crippen LogP contribution in [-0.2, 0) is 16.0 Å². The lowest BCUT2D eigenvalue weighted by Crippen LogP contribution is -2.68. The topological polar surface area (TPSA) is 140 Å². The summed E-state index contributed by atoms with van der Waals surface area (Å²) < 4.78 is 6.84. The van der Waals surface area contributed by atoms with Gasteiger partial charge in [-0.05, 0) is 106 Å². The number of amides is 2. The highest BCUT2D eigenvalue weighted by molar-refractivity contribution is 5.95. The first-order valence-corrected chi connectivity index (χ1v) is 16.6. The van der Waals surface area contributed by atoms with E-state index in [0.717, 1.165) is 37.7 Å². The van der Waals surface area contributed by atoms with Crippen LogP contribution in [0.25, 0.3) is 16.7 Å². The number of esters is 1. The number of methoxy groups -OCH3 is 1. The van der Waals surface area contributed by atoms with Crippen molar-refractivity contribution in [3.8, 4) is 5.69 Å². The second-order valence-electron chi connectivity index (χ2n) is 14.3. The molecule has 2 heterocycles. The zero-order chi connectivity index (χ0) is 33.8. The third kappa shape index (κ3) is 5.68. The number of hydrogen-bond acceptors (Lipinski definition) is 7. The number of nitrogens with zero attached hydrogens (tertiary/aromatic N) is 2. The molecule has 10 heteroatoms. The summed E-state index contributed by atoms with van der Waals surface area (Å²) in [6.45, 7) is 3.02. The van der Waals surface area contributed by atoms with E-state index in [1.165, 1.54) is 21.0 Å². The summed E-state index contributed by atoms with van der Waals surface area (Å²) in [4.78, 5) is 57.8. The molecule has 10 nitrogen and oxygen atoms in total. The van der Waals surface area contributed by atoms with Gasteiger partial charge in [0.1, 0.15) is 16.9 Å². The fraction of sp³-hybridized carbons (Fsp3) is 0.395. The Kier molecular flexibility index (Phi) is 7.94. The van der Waals surface area contributed by atoms with Gasteiger partial charge in [-0.3, -0.25) is 19.0 Å². The predicted molar refractivity (Wildman–Crippen MR) is 180 cm³/mol. The average Bonchev–Trinajstić information content (AvgIpc) is 3.07. The van der Waals surface area contributed by atoms with Crippen molar-refractivity contribution in [2.24, 2.45) is 17.8 Å². The number of carbonyl (C=O) groups is 3. The molecular formula is C38H40N4O6.